The van der Waals surface area contributed by atoms with Crippen LogP contribution in [0.15, 0.2) is 40.2 Å². The van der Waals surface area contributed by atoms with E-state index in [1.807, 2.05) is 19.2 Å². The van der Waals surface area contributed by atoms with E-state index in [0.717, 1.165) is 15.8 Å². The first kappa shape index (κ1) is 12.6. The Bertz CT molecular complexity index is 484. The number of hydrogen-bond acceptors (Lipinski definition) is 3. The van der Waals surface area contributed by atoms with E-state index >= 15 is 0 Å². The standard InChI is InChI=1S/C13H14BrNOS/c1-15-13(12-4-3-7-17-12)10-8-9(14)5-6-11(10)16-2/h3-8,13,15H,1-2H3. The predicted molar refractivity (Wildman–Crippen MR) is 75.9 cm³/mol. The second-order valence-electron chi connectivity index (χ2n) is 3.62. The highest BCUT2D eigenvalue weighted by Gasteiger charge is 2.17. The molecule has 0 spiro atoms. The molecule has 0 aliphatic rings. The lowest BCUT2D eigenvalue weighted by molar-refractivity contribution is 0.405. The maximum atomic E-state index is 5.42. The van der Waals surface area contributed by atoms with E-state index < -0.39 is 0 Å². The molecule has 4 heteroatoms. The number of methoxy groups -OCH3 is 1. The van der Waals surface area contributed by atoms with Crippen molar-refractivity contribution in [3.63, 3.8) is 0 Å². The van der Waals surface area contributed by atoms with Crippen LogP contribution in [0.4, 0.5) is 0 Å². The van der Waals surface area contributed by atoms with Gasteiger partial charge in [0.2, 0.25) is 0 Å². The third-order valence-electron chi connectivity index (χ3n) is 2.62. The van der Waals surface area contributed by atoms with Crippen molar-refractivity contribution >= 4 is 27.3 Å². The molecule has 2 nitrogen and oxygen atoms in total. The minimum Gasteiger partial charge on any atom is -0.496 e. The van der Waals surface area contributed by atoms with E-state index in [2.05, 4.69) is 44.8 Å². The molecule has 0 saturated carbocycles. The summed E-state index contributed by atoms with van der Waals surface area (Å²) in [6.45, 7) is 0. The number of thiophene rings is 1. The fourth-order valence-corrected chi connectivity index (χ4v) is 3.07. The number of nitrogens with one attached hydrogen (secondary N) is 1. The fraction of sp³-hybridized carbons (Fsp3) is 0.231. The zero-order valence-corrected chi connectivity index (χ0v) is 12.1. The molecule has 1 unspecified atom stereocenters. The average molecular weight is 312 g/mol. The summed E-state index contributed by atoms with van der Waals surface area (Å²) in [5, 5.41) is 5.42. The lowest BCUT2D eigenvalue weighted by Gasteiger charge is -2.18. The molecule has 0 amide bonds. The van der Waals surface area contributed by atoms with Gasteiger partial charge in [-0.05, 0) is 36.7 Å². The Hall–Kier alpha value is -0.840. The van der Waals surface area contributed by atoms with Crippen LogP contribution in [0.3, 0.4) is 0 Å². The van der Waals surface area contributed by atoms with Gasteiger partial charge in [0.25, 0.3) is 0 Å². The minimum absolute atomic E-state index is 0.169. The van der Waals surface area contributed by atoms with Crippen LogP contribution in [0.1, 0.15) is 16.5 Å². The Morgan fingerprint density at radius 3 is 2.76 bits per heavy atom. The van der Waals surface area contributed by atoms with Gasteiger partial charge in [0, 0.05) is 14.9 Å². The molecule has 1 N–H and O–H groups in total. The zero-order chi connectivity index (χ0) is 12.3. The molecular weight excluding hydrogens is 298 g/mol. The van der Waals surface area contributed by atoms with Crippen LogP contribution in [0, 0.1) is 0 Å². The van der Waals surface area contributed by atoms with Gasteiger partial charge in [-0.2, -0.15) is 0 Å². The monoisotopic (exact) mass is 311 g/mol. The van der Waals surface area contributed by atoms with Crippen molar-refractivity contribution in [2.24, 2.45) is 0 Å². The van der Waals surface area contributed by atoms with Crippen LogP contribution in [0.2, 0.25) is 0 Å². The van der Waals surface area contributed by atoms with E-state index in [1.54, 1.807) is 18.4 Å². The summed E-state index contributed by atoms with van der Waals surface area (Å²) in [7, 11) is 3.67. The molecule has 0 saturated heterocycles. The summed E-state index contributed by atoms with van der Waals surface area (Å²) in [5.41, 5.74) is 1.15. The van der Waals surface area contributed by atoms with E-state index in [0.29, 0.717) is 0 Å². The number of halogens is 1. The summed E-state index contributed by atoms with van der Waals surface area (Å²) in [6, 6.07) is 10.4. The molecule has 1 atom stereocenters. The average Bonchev–Trinajstić information content (AvgIpc) is 2.84. The number of benzene rings is 1. The third-order valence-corrected chi connectivity index (χ3v) is 4.05. The molecule has 1 aromatic carbocycles. The van der Waals surface area contributed by atoms with Crippen molar-refractivity contribution < 1.29 is 4.74 Å². The van der Waals surface area contributed by atoms with Gasteiger partial charge < -0.3 is 10.1 Å². The van der Waals surface area contributed by atoms with Crippen molar-refractivity contribution in [3.8, 4) is 5.75 Å². The molecular formula is C13H14BrNOS. The van der Waals surface area contributed by atoms with E-state index in [-0.39, 0.29) is 6.04 Å². The number of ether oxygens (including phenoxy) is 1. The van der Waals surface area contributed by atoms with Crippen LogP contribution >= 0.6 is 27.3 Å². The van der Waals surface area contributed by atoms with E-state index in [9.17, 15) is 0 Å². The van der Waals surface area contributed by atoms with Gasteiger partial charge in [-0.15, -0.1) is 11.3 Å². The van der Waals surface area contributed by atoms with Crippen molar-refractivity contribution in [2.45, 2.75) is 6.04 Å². The smallest absolute Gasteiger partial charge is 0.124 e. The quantitative estimate of drug-likeness (QED) is 0.926. The first-order chi connectivity index (χ1) is 8.26. The van der Waals surface area contributed by atoms with E-state index in [4.69, 9.17) is 4.74 Å². The summed E-state index contributed by atoms with van der Waals surface area (Å²) in [6.07, 6.45) is 0. The van der Waals surface area contributed by atoms with Crippen molar-refractivity contribution in [3.05, 3.63) is 50.6 Å². The Kier molecular flexibility index (Phi) is 4.20. The van der Waals surface area contributed by atoms with Gasteiger partial charge in [0.05, 0.1) is 13.2 Å². The zero-order valence-electron chi connectivity index (χ0n) is 9.74. The van der Waals surface area contributed by atoms with Gasteiger partial charge in [-0.25, -0.2) is 0 Å². The Labute approximate surface area is 114 Å². The van der Waals surface area contributed by atoms with Gasteiger partial charge in [0.1, 0.15) is 5.75 Å². The van der Waals surface area contributed by atoms with Crippen LogP contribution in [-0.2, 0) is 0 Å². The molecule has 0 fully saturated rings. The molecule has 2 rings (SSSR count). The Balaban J connectivity index is 2.46. The fourth-order valence-electron chi connectivity index (χ4n) is 1.84. The largest absolute Gasteiger partial charge is 0.496 e. The predicted octanol–water partition coefficient (Wildman–Crippen LogP) is 3.83. The Morgan fingerprint density at radius 1 is 1.35 bits per heavy atom. The highest BCUT2D eigenvalue weighted by Crippen LogP contribution is 2.33. The second-order valence-corrected chi connectivity index (χ2v) is 5.52. The molecule has 0 bridgehead atoms. The highest BCUT2D eigenvalue weighted by molar-refractivity contribution is 9.10. The van der Waals surface area contributed by atoms with Crippen LogP contribution in [0.25, 0.3) is 0 Å². The van der Waals surface area contributed by atoms with Crippen molar-refractivity contribution in [1.29, 1.82) is 0 Å². The molecule has 2 aromatic rings. The van der Waals surface area contributed by atoms with Crippen LogP contribution in [-0.4, -0.2) is 14.2 Å². The molecule has 0 radical (unpaired) electrons. The SMILES string of the molecule is CNC(c1cccs1)c1cc(Br)ccc1OC. The summed E-state index contributed by atoms with van der Waals surface area (Å²) < 4.78 is 6.49. The summed E-state index contributed by atoms with van der Waals surface area (Å²) >= 11 is 5.25. The number of rotatable bonds is 4. The van der Waals surface area contributed by atoms with Gasteiger partial charge >= 0.3 is 0 Å². The molecule has 1 heterocycles. The molecule has 0 aliphatic heterocycles. The molecule has 1 aromatic heterocycles. The molecule has 0 aliphatic carbocycles. The number of hydrogen-bond donors (Lipinski definition) is 1. The molecule has 90 valence electrons. The van der Waals surface area contributed by atoms with Crippen LogP contribution in [0.5, 0.6) is 5.75 Å². The molecule has 17 heavy (non-hydrogen) atoms. The van der Waals surface area contributed by atoms with E-state index in [1.165, 1.54) is 4.88 Å². The maximum Gasteiger partial charge on any atom is 0.124 e. The first-order valence-electron chi connectivity index (χ1n) is 5.30. The highest BCUT2D eigenvalue weighted by atomic mass is 79.9. The maximum absolute atomic E-state index is 5.42. The van der Waals surface area contributed by atoms with Crippen LogP contribution < -0.4 is 10.1 Å². The summed E-state index contributed by atoms with van der Waals surface area (Å²) in [4.78, 5) is 1.28. The van der Waals surface area contributed by atoms with Gasteiger partial charge in [-0.1, -0.05) is 22.0 Å². The van der Waals surface area contributed by atoms with Gasteiger partial charge in [0.15, 0.2) is 0 Å². The van der Waals surface area contributed by atoms with Gasteiger partial charge in [-0.3, -0.25) is 0 Å². The second kappa shape index (κ2) is 5.67. The minimum atomic E-state index is 0.169. The topological polar surface area (TPSA) is 21.3 Å². The lowest BCUT2D eigenvalue weighted by atomic mass is 10.0. The van der Waals surface area contributed by atoms with Crippen molar-refractivity contribution in [1.82, 2.24) is 5.32 Å². The summed E-state index contributed by atoms with van der Waals surface area (Å²) in [5.74, 6) is 0.904. The third kappa shape index (κ3) is 2.70. The lowest BCUT2D eigenvalue weighted by Crippen LogP contribution is -2.17. The Morgan fingerprint density at radius 2 is 2.18 bits per heavy atom. The normalized spacial score (nSPS) is 12.4. The van der Waals surface area contributed by atoms with Crippen molar-refractivity contribution in [2.75, 3.05) is 14.2 Å². The first-order valence-corrected chi connectivity index (χ1v) is 6.97.